The molecule has 9 heteroatoms. The molecule has 0 unspecified atom stereocenters. The summed E-state index contributed by atoms with van der Waals surface area (Å²) in [5.41, 5.74) is -0.0409. The summed E-state index contributed by atoms with van der Waals surface area (Å²) in [7, 11) is -4.57. The predicted molar refractivity (Wildman–Crippen MR) is 94.9 cm³/mol. The van der Waals surface area contributed by atoms with Gasteiger partial charge in [-0.05, 0) is 37.1 Å². The summed E-state index contributed by atoms with van der Waals surface area (Å²) in [6.07, 6.45) is 1.68. The van der Waals surface area contributed by atoms with Crippen LogP contribution in [0.2, 0.25) is 0 Å². The first-order valence-corrected chi connectivity index (χ1v) is 9.82. The molecule has 2 aromatic rings. The number of rotatable bonds is 6. The molecule has 1 aliphatic heterocycles. The van der Waals surface area contributed by atoms with Crippen molar-refractivity contribution in [3.63, 3.8) is 0 Å². The molecule has 0 aliphatic carbocycles. The molecule has 0 saturated carbocycles. The molecule has 1 atom stereocenters. The van der Waals surface area contributed by atoms with Gasteiger partial charge in [-0.3, -0.25) is 9.52 Å². The fraction of sp³-hybridized carbons (Fsp3) is 0.278. The van der Waals surface area contributed by atoms with Crippen LogP contribution >= 0.6 is 0 Å². The summed E-state index contributed by atoms with van der Waals surface area (Å²) in [5, 5.41) is 2.68. The Morgan fingerprint density at radius 1 is 1.11 bits per heavy atom. The number of hydrogen-bond donors (Lipinski definition) is 2. The van der Waals surface area contributed by atoms with Gasteiger partial charge in [-0.25, -0.2) is 17.2 Å². The van der Waals surface area contributed by atoms with Crippen LogP contribution in [0.3, 0.4) is 0 Å². The summed E-state index contributed by atoms with van der Waals surface area (Å²) in [4.78, 5) is 11.3. The smallest absolute Gasteiger partial charge is 0.267 e. The van der Waals surface area contributed by atoms with Gasteiger partial charge in [0.2, 0.25) is 0 Å². The number of benzene rings is 2. The number of sulfonamides is 1. The Labute approximate surface area is 155 Å². The van der Waals surface area contributed by atoms with Gasteiger partial charge in [0.1, 0.15) is 11.6 Å². The van der Waals surface area contributed by atoms with E-state index in [-0.39, 0.29) is 17.4 Å². The molecular weight excluding hydrogens is 378 g/mol. The molecule has 6 nitrogen and oxygen atoms in total. The quantitative estimate of drug-likeness (QED) is 0.786. The number of carbonyl (C=O) groups is 1. The maximum atomic E-state index is 13.8. The number of carbonyl (C=O) groups excluding carboxylic acids is 1. The zero-order valence-electron chi connectivity index (χ0n) is 14.2. The summed E-state index contributed by atoms with van der Waals surface area (Å²) in [6, 6.07) is 8.58. The van der Waals surface area contributed by atoms with E-state index in [1.54, 1.807) is 6.07 Å². The van der Waals surface area contributed by atoms with Gasteiger partial charge < -0.3 is 10.1 Å². The lowest BCUT2D eigenvalue weighted by molar-refractivity contribution is 0.0858. The maximum Gasteiger partial charge on any atom is 0.267 e. The minimum Gasteiger partial charge on any atom is -0.376 e. The monoisotopic (exact) mass is 396 g/mol. The molecular formula is C18H18F2N2O4S. The van der Waals surface area contributed by atoms with Gasteiger partial charge in [-0.2, -0.15) is 0 Å². The Balaban J connectivity index is 1.82. The van der Waals surface area contributed by atoms with Gasteiger partial charge >= 0.3 is 0 Å². The fourth-order valence-electron chi connectivity index (χ4n) is 2.81. The molecule has 2 aromatic carbocycles. The van der Waals surface area contributed by atoms with Crippen molar-refractivity contribution in [3.05, 3.63) is 59.7 Å². The number of hydrogen-bond acceptors (Lipinski definition) is 4. The largest absolute Gasteiger partial charge is 0.376 e. The molecule has 27 heavy (non-hydrogen) atoms. The Hall–Kier alpha value is -2.52. The number of halogens is 2. The molecule has 0 bridgehead atoms. The molecule has 1 amide bonds. The van der Waals surface area contributed by atoms with Crippen molar-refractivity contribution in [3.8, 4) is 0 Å². The summed E-state index contributed by atoms with van der Waals surface area (Å²) in [6.45, 7) is 0.937. The highest BCUT2D eigenvalue weighted by molar-refractivity contribution is 7.92. The fourth-order valence-corrected chi connectivity index (χ4v) is 4.03. The molecule has 1 fully saturated rings. The standard InChI is InChI=1S/C18H18F2N2O4S/c19-14-7-3-8-15(20)17(14)27(24,25)22-16-9-2-1-6-13(16)18(23)21-11-12-5-4-10-26-12/h1-3,6-9,12,22H,4-5,10-11H2,(H,21,23)/t12-/m0/s1. The Morgan fingerprint density at radius 3 is 2.48 bits per heavy atom. The van der Waals surface area contributed by atoms with E-state index in [0.29, 0.717) is 13.2 Å². The molecule has 144 valence electrons. The zero-order valence-corrected chi connectivity index (χ0v) is 15.1. The SMILES string of the molecule is O=C(NC[C@@H]1CCCO1)c1ccccc1NS(=O)(=O)c1c(F)cccc1F. The molecule has 1 heterocycles. The first-order chi connectivity index (χ1) is 12.9. The van der Waals surface area contributed by atoms with E-state index in [1.165, 1.54) is 18.2 Å². The van der Waals surface area contributed by atoms with Gasteiger partial charge in [-0.15, -0.1) is 0 Å². The van der Waals surface area contributed by atoms with Crippen molar-refractivity contribution in [1.82, 2.24) is 5.32 Å². The number of para-hydroxylation sites is 1. The molecule has 1 aliphatic rings. The van der Waals surface area contributed by atoms with Crippen molar-refractivity contribution in [1.29, 1.82) is 0 Å². The second kappa shape index (κ2) is 8.01. The van der Waals surface area contributed by atoms with Crippen LogP contribution in [0.5, 0.6) is 0 Å². The average molecular weight is 396 g/mol. The predicted octanol–water partition coefficient (Wildman–Crippen LogP) is 2.67. The van der Waals surface area contributed by atoms with Crippen LogP contribution in [-0.4, -0.2) is 33.6 Å². The molecule has 1 saturated heterocycles. The van der Waals surface area contributed by atoms with E-state index in [9.17, 15) is 22.0 Å². The van der Waals surface area contributed by atoms with Crippen LogP contribution in [0, 0.1) is 11.6 Å². The van der Waals surface area contributed by atoms with E-state index < -0.39 is 32.5 Å². The van der Waals surface area contributed by atoms with Crippen LogP contribution in [0.15, 0.2) is 47.4 Å². The van der Waals surface area contributed by atoms with Crippen molar-refractivity contribution in [2.24, 2.45) is 0 Å². The van der Waals surface area contributed by atoms with E-state index in [0.717, 1.165) is 31.0 Å². The van der Waals surface area contributed by atoms with E-state index in [2.05, 4.69) is 10.0 Å². The van der Waals surface area contributed by atoms with Gasteiger partial charge in [0.25, 0.3) is 15.9 Å². The normalized spacial score (nSPS) is 16.9. The van der Waals surface area contributed by atoms with Gasteiger partial charge in [0.15, 0.2) is 4.90 Å². The van der Waals surface area contributed by atoms with E-state index in [4.69, 9.17) is 4.74 Å². The summed E-state index contributed by atoms with van der Waals surface area (Å²) < 4.78 is 60.1. The van der Waals surface area contributed by atoms with Gasteiger partial charge in [0.05, 0.1) is 17.4 Å². The van der Waals surface area contributed by atoms with Crippen LogP contribution < -0.4 is 10.0 Å². The van der Waals surface area contributed by atoms with Crippen molar-refractivity contribution in [2.45, 2.75) is 23.8 Å². The third-order valence-corrected chi connectivity index (χ3v) is 5.53. The van der Waals surface area contributed by atoms with E-state index in [1.807, 2.05) is 0 Å². The number of amides is 1. The minimum absolute atomic E-state index is 0.0378. The van der Waals surface area contributed by atoms with Crippen LogP contribution in [0.1, 0.15) is 23.2 Å². The Kier molecular flexibility index (Phi) is 5.71. The lowest BCUT2D eigenvalue weighted by Crippen LogP contribution is -2.32. The summed E-state index contributed by atoms with van der Waals surface area (Å²) >= 11 is 0. The number of anilines is 1. The van der Waals surface area contributed by atoms with Gasteiger partial charge in [-0.1, -0.05) is 18.2 Å². The lowest BCUT2D eigenvalue weighted by Gasteiger charge is -2.15. The van der Waals surface area contributed by atoms with Crippen LogP contribution in [0.4, 0.5) is 14.5 Å². The molecule has 2 N–H and O–H groups in total. The minimum atomic E-state index is -4.57. The van der Waals surface area contributed by atoms with Crippen molar-refractivity contribution < 1.29 is 26.7 Å². The topological polar surface area (TPSA) is 84.5 Å². The highest BCUT2D eigenvalue weighted by atomic mass is 32.2. The van der Waals surface area contributed by atoms with Crippen LogP contribution in [0.25, 0.3) is 0 Å². The Bertz CT molecular complexity index is 924. The molecule has 3 rings (SSSR count). The molecule has 0 aromatic heterocycles. The van der Waals surface area contributed by atoms with Gasteiger partial charge in [0, 0.05) is 13.2 Å². The maximum absolute atomic E-state index is 13.8. The zero-order chi connectivity index (χ0) is 19.4. The second-order valence-corrected chi connectivity index (χ2v) is 7.67. The highest BCUT2D eigenvalue weighted by Crippen LogP contribution is 2.24. The average Bonchev–Trinajstić information content (AvgIpc) is 3.13. The summed E-state index contributed by atoms with van der Waals surface area (Å²) in [5.74, 6) is -2.96. The first-order valence-electron chi connectivity index (χ1n) is 8.34. The lowest BCUT2D eigenvalue weighted by atomic mass is 10.1. The van der Waals surface area contributed by atoms with E-state index >= 15 is 0 Å². The Morgan fingerprint density at radius 2 is 1.81 bits per heavy atom. The van der Waals surface area contributed by atoms with Crippen molar-refractivity contribution in [2.75, 3.05) is 17.9 Å². The molecule has 0 radical (unpaired) electrons. The van der Waals surface area contributed by atoms with Crippen molar-refractivity contribution >= 4 is 21.6 Å². The highest BCUT2D eigenvalue weighted by Gasteiger charge is 2.26. The molecule has 0 spiro atoms. The number of ether oxygens (including phenoxy) is 1. The first kappa shape index (κ1) is 19.2. The van der Waals surface area contributed by atoms with Crippen LogP contribution in [-0.2, 0) is 14.8 Å². The second-order valence-electron chi connectivity index (χ2n) is 6.05. The third-order valence-electron chi connectivity index (χ3n) is 4.12. The number of nitrogens with one attached hydrogen (secondary N) is 2. The third kappa shape index (κ3) is 4.42.